The summed E-state index contributed by atoms with van der Waals surface area (Å²) in [6.45, 7) is 0.762. The second-order valence-electron chi connectivity index (χ2n) is 9.77. The Balaban J connectivity index is 1.57. The normalized spacial score (nSPS) is 31.8. The van der Waals surface area contributed by atoms with E-state index < -0.39 is 78.8 Å². The molecule has 14 heteroatoms. The van der Waals surface area contributed by atoms with Crippen molar-refractivity contribution in [3.8, 4) is 34.3 Å². The Morgan fingerprint density at radius 2 is 1.61 bits per heavy atom. The van der Waals surface area contributed by atoms with E-state index in [0.29, 0.717) is 0 Å². The molecule has 7 N–H and O–H groups in total. The lowest BCUT2D eigenvalue weighted by atomic mass is 10.00. The summed E-state index contributed by atoms with van der Waals surface area (Å²) in [4.78, 5) is 13.7. The zero-order valence-corrected chi connectivity index (χ0v) is 21.9. The molecule has 3 heterocycles. The first kappa shape index (κ1) is 29.0. The number of hydrogen-bond acceptors (Lipinski definition) is 14. The SMILES string of the molecule is COc1cc(O)c2c(=O)c(O[C@@H]3O[C@@H](CO)[C@H](O)[C@@H]3O[C@@H]3O[C@H](C)[C@H](O)[C@@H](O)[C@H]3O)c(-c3ccc(O)cc3)oc2c1. The number of benzene rings is 2. The number of ether oxygens (including phenoxy) is 5. The summed E-state index contributed by atoms with van der Waals surface area (Å²) < 4.78 is 33.9. The molecule has 0 spiro atoms. The molecule has 5 rings (SSSR count). The van der Waals surface area contributed by atoms with E-state index in [4.69, 9.17) is 28.1 Å². The molecule has 3 aromatic rings. The maximum Gasteiger partial charge on any atom is 0.239 e. The standard InChI is InChI=1S/C27H30O14/c1-10-18(31)21(34)22(35)26(37-10)41-25-19(32)16(9-28)39-27(25)40-24-20(33)17-14(30)7-13(36-2)8-15(17)38-23(24)11-3-5-12(29)6-4-11/h3-8,10,16,18-19,21-22,25-32,34-35H,9H2,1-2H3/t10-,16+,18+,19+,21-,22-,25+,26+,27+/m1/s1. The summed E-state index contributed by atoms with van der Waals surface area (Å²) >= 11 is 0. The Hall–Kier alpha value is -3.47. The fraction of sp³-hybridized carbons (Fsp3) is 0.444. The lowest BCUT2D eigenvalue weighted by Gasteiger charge is -2.40. The summed E-state index contributed by atoms with van der Waals surface area (Å²) in [6, 6.07) is 8.17. The highest BCUT2D eigenvalue weighted by molar-refractivity contribution is 5.88. The summed E-state index contributed by atoms with van der Waals surface area (Å²) in [7, 11) is 1.37. The first-order valence-corrected chi connectivity index (χ1v) is 12.7. The Bertz CT molecular complexity index is 1440. The third-order valence-corrected chi connectivity index (χ3v) is 7.08. The lowest BCUT2D eigenvalue weighted by molar-refractivity contribution is -0.316. The van der Waals surface area contributed by atoms with Gasteiger partial charge < -0.3 is 63.8 Å². The van der Waals surface area contributed by atoms with Gasteiger partial charge in [0.2, 0.25) is 17.5 Å². The number of rotatable bonds is 7. The van der Waals surface area contributed by atoms with Gasteiger partial charge in [-0.3, -0.25) is 4.79 Å². The minimum absolute atomic E-state index is 0.0454. The van der Waals surface area contributed by atoms with E-state index in [1.54, 1.807) is 0 Å². The first-order chi connectivity index (χ1) is 19.5. The molecule has 222 valence electrons. The molecule has 41 heavy (non-hydrogen) atoms. The van der Waals surface area contributed by atoms with E-state index in [9.17, 15) is 40.5 Å². The van der Waals surface area contributed by atoms with Gasteiger partial charge >= 0.3 is 0 Å². The van der Waals surface area contributed by atoms with Crippen molar-refractivity contribution in [2.24, 2.45) is 0 Å². The number of phenolic OH excluding ortho intramolecular Hbond substituents is 2. The molecule has 2 fully saturated rings. The number of aliphatic hydroxyl groups excluding tert-OH is 5. The minimum atomic E-state index is -1.73. The highest BCUT2D eigenvalue weighted by Gasteiger charge is 2.51. The molecule has 2 aromatic carbocycles. The molecule has 1 aromatic heterocycles. The fourth-order valence-corrected chi connectivity index (χ4v) is 4.78. The molecule has 0 bridgehead atoms. The van der Waals surface area contributed by atoms with Crippen LogP contribution in [0, 0.1) is 0 Å². The van der Waals surface area contributed by atoms with Crippen LogP contribution in [0.1, 0.15) is 6.92 Å². The maximum atomic E-state index is 13.7. The van der Waals surface area contributed by atoms with Crippen LogP contribution in [0.25, 0.3) is 22.3 Å². The molecular weight excluding hydrogens is 548 g/mol. The molecule has 0 radical (unpaired) electrons. The largest absolute Gasteiger partial charge is 0.508 e. The van der Waals surface area contributed by atoms with Crippen LogP contribution in [0.2, 0.25) is 0 Å². The van der Waals surface area contributed by atoms with Crippen molar-refractivity contribution in [2.45, 2.75) is 62.2 Å². The smallest absolute Gasteiger partial charge is 0.239 e. The van der Waals surface area contributed by atoms with Crippen molar-refractivity contribution in [1.29, 1.82) is 0 Å². The number of phenols is 2. The second kappa shape index (κ2) is 11.4. The zero-order chi connectivity index (χ0) is 29.6. The topological polar surface area (TPSA) is 218 Å². The molecule has 9 atom stereocenters. The van der Waals surface area contributed by atoms with E-state index in [1.165, 1.54) is 50.4 Å². The van der Waals surface area contributed by atoms with Crippen molar-refractivity contribution >= 4 is 11.0 Å². The van der Waals surface area contributed by atoms with Crippen molar-refractivity contribution < 1.29 is 63.8 Å². The van der Waals surface area contributed by atoms with Crippen LogP contribution in [0.5, 0.6) is 23.0 Å². The van der Waals surface area contributed by atoms with Gasteiger partial charge in [-0.15, -0.1) is 0 Å². The van der Waals surface area contributed by atoms with Gasteiger partial charge in [0.15, 0.2) is 18.2 Å². The quantitative estimate of drug-likeness (QED) is 0.189. The highest BCUT2D eigenvalue weighted by Crippen LogP contribution is 2.38. The fourth-order valence-electron chi connectivity index (χ4n) is 4.78. The van der Waals surface area contributed by atoms with E-state index in [0.717, 1.165) is 0 Å². The maximum absolute atomic E-state index is 13.7. The molecule has 14 nitrogen and oxygen atoms in total. The Labute approximate surface area is 232 Å². The molecule has 0 aliphatic carbocycles. The third kappa shape index (κ3) is 5.31. The van der Waals surface area contributed by atoms with Crippen LogP contribution in [-0.2, 0) is 14.2 Å². The van der Waals surface area contributed by atoms with Crippen LogP contribution in [0.15, 0.2) is 45.6 Å². The molecule has 2 aliphatic rings. The van der Waals surface area contributed by atoms with Crippen LogP contribution in [0.3, 0.4) is 0 Å². The monoisotopic (exact) mass is 578 g/mol. The van der Waals surface area contributed by atoms with Crippen LogP contribution < -0.4 is 14.9 Å². The third-order valence-electron chi connectivity index (χ3n) is 7.08. The van der Waals surface area contributed by atoms with Gasteiger partial charge in [-0.1, -0.05) is 0 Å². The second-order valence-corrected chi connectivity index (χ2v) is 9.77. The number of hydrogen-bond donors (Lipinski definition) is 7. The summed E-state index contributed by atoms with van der Waals surface area (Å²) in [5.74, 6) is -0.934. The van der Waals surface area contributed by atoms with Gasteiger partial charge in [0.1, 0.15) is 58.7 Å². The van der Waals surface area contributed by atoms with Crippen LogP contribution in [0.4, 0.5) is 0 Å². The molecule has 2 aliphatic heterocycles. The number of methoxy groups -OCH3 is 1. The van der Waals surface area contributed by atoms with Gasteiger partial charge in [-0.25, -0.2) is 0 Å². The Morgan fingerprint density at radius 3 is 2.27 bits per heavy atom. The van der Waals surface area contributed by atoms with Crippen molar-refractivity contribution in [3.63, 3.8) is 0 Å². The predicted molar refractivity (Wildman–Crippen MR) is 137 cm³/mol. The van der Waals surface area contributed by atoms with Crippen molar-refractivity contribution in [3.05, 3.63) is 46.6 Å². The van der Waals surface area contributed by atoms with Crippen molar-refractivity contribution in [1.82, 2.24) is 0 Å². The van der Waals surface area contributed by atoms with E-state index in [2.05, 4.69) is 0 Å². The summed E-state index contributed by atoms with van der Waals surface area (Å²) in [5, 5.41) is 71.3. The number of aromatic hydroxyl groups is 2. The summed E-state index contributed by atoms with van der Waals surface area (Å²) in [5.41, 5.74) is -0.596. The molecule has 2 saturated heterocycles. The average molecular weight is 579 g/mol. The molecule has 0 amide bonds. The minimum Gasteiger partial charge on any atom is -0.508 e. The number of aliphatic hydroxyl groups is 5. The molecule has 0 unspecified atom stereocenters. The van der Waals surface area contributed by atoms with Crippen LogP contribution >= 0.6 is 0 Å². The van der Waals surface area contributed by atoms with E-state index >= 15 is 0 Å². The van der Waals surface area contributed by atoms with E-state index in [1.807, 2.05) is 0 Å². The highest BCUT2D eigenvalue weighted by atomic mass is 16.8. The Kier molecular flexibility index (Phi) is 8.09. The molecular formula is C27H30O14. The van der Waals surface area contributed by atoms with E-state index in [-0.39, 0.29) is 33.8 Å². The van der Waals surface area contributed by atoms with Gasteiger partial charge in [0.05, 0.1) is 19.8 Å². The Morgan fingerprint density at radius 1 is 0.902 bits per heavy atom. The van der Waals surface area contributed by atoms with Gasteiger partial charge in [0, 0.05) is 17.7 Å². The zero-order valence-electron chi connectivity index (χ0n) is 21.9. The number of fused-ring (bicyclic) bond motifs is 1. The lowest BCUT2D eigenvalue weighted by Crippen LogP contribution is -2.59. The van der Waals surface area contributed by atoms with Gasteiger partial charge in [0.25, 0.3) is 0 Å². The summed E-state index contributed by atoms with van der Waals surface area (Å²) in [6.07, 6.45) is -13.2. The van der Waals surface area contributed by atoms with Crippen LogP contribution in [-0.4, -0.2) is 105 Å². The van der Waals surface area contributed by atoms with Gasteiger partial charge in [-0.2, -0.15) is 0 Å². The van der Waals surface area contributed by atoms with Gasteiger partial charge in [-0.05, 0) is 31.2 Å². The average Bonchev–Trinajstić information content (AvgIpc) is 3.25. The first-order valence-electron chi connectivity index (χ1n) is 12.7. The molecule has 0 saturated carbocycles. The predicted octanol–water partition coefficient (Wildman–Crippen LogP) is -0.451. The van der Waals surface area contributed by atoms with Crippen molar-refractivity contribution in [2.75, 3.05) is 13.7 Å².